The number of anilines is 2. The second-order valence-electron chi connectivity index (χ2n) is 4.40. The Bertz CT molecular complexity index is 380. The van der Waals surface area contributed by atoms with E-state index in [2.05, 4.69) is 24.5 Å². The standard InChI is InChI=1S/C14H22N2O2/c1-4-6-11(2)15-12-7-5-8-13(9-12)16-14(17)10-18-3/h5,7-9,11,15H,4,6,10H2,1-3H3,(H,16,17). The number of hydrogen-bond donors (Lipinski definition) is 2. The first-order chi connectivity index (χ1) is 8.65. The Balaban J connectivity index is 2.59. The van der Waals surface area contributed by atoms with Crippen LogP contribution in [0.25, 0.3) is 0 Å². The predicted molar refractivity (Wildman–Crippen MR) is 74.9 cm³/mol. The molecule has 2 N–H and O–H groups in total. The van der Waals surface area contributed by atoms with Crippen molar-refractivity contribution in [2.75, 3.05) is 24.4 Å². The molecule has 1 aromatic carbocycles. The first kappa shape index (κ1) is 14.5. The van der Waals surface area contributed by atoms with E-state index in [4.69, 9.17) is 4.74 Å². The summed E-state index contributed by atoms with van der Waals surface area (Å²) in [5.74, 6) is -0.142. The Labute approximate surface area is 109 Å². The molecular formula is C14H22N2O2. The van der Waals surface area contributed by atoms with Gasteiger partial charge in [-0.15, -0.1) is 0 Å². The topological polar surface area (TPSA) is 50.4 Å². The van der Waals surface area contributed by atoms with E-state index in [0.29, 0.717) is 6.04 Å². The molecule has 1 atom stereocenters. The number of ether oxygens (including phenoxy) is 1. The summed E-state index contributed by atoms with van der Waals surface area (Å²) in [7, 11) is 1.50. The van der Waals surface area contributed by atoms with E-state index < -0.39 is 0 Å². The van der Waals surface area contributed by atoms with Gasteiger partial charge in [0.2, 0.25) is 5.91 Å². The van der Waals surface area contributed by atoms with Crippen molar-refractivity contribution in [2.45, 2.75) is 32.7 Å². The molecular weight excluding hydrogens is 228 g/mol. The van der Waals surface area contributed by atoms with Crippen molar-refractivity contribution in [3.05, 3.63) is 24.3 Å². The molecule has 4 heteroatoms. The summed E-state index contributed by atoms with van der Waals surface area (Å²) in [4.78, 5) is 11.4. The SMILES string of the molecule is CCCC(C)Nc1cccc(NC(=O)COC)c1. The number of benzene rings is 1. The van der Waals surface area contributed by atoms with Crippen LogP contribution in [0.15, 0.2) is 24.3 Å². The molecule has 0 radical (unpaired) electrons. The first-order valence-electron chi connectivity index (χ1n) is 6.31. The number of carbonyl (C=O) groups excluding carboxylic acids is 1. The van der Waals surface area contributed by atoms with Gasteiger partial charge in [0.15, 0.2) is 0 Å². The van der Waals surface area contributed by atoms with Crippen LogP contribution in [-0.4, -0.2) is 25.7 Å². The summed E-state index contributed by atoms with van der Waals surface area (Å²) in [5.41, 5.74) is 1.80. The first-order valence-corrected chi connectivity index (χ1v) is 6.31. The number of hydrogen-bond acceptors (Lipinski definition) is 3. The second-order valence-corrected chi connectivity index (χ2v) is 4.40. The zero-order valence-electron chi connectivity index (χ0n) is 11.3. The molecule has 0 aliphatic heterocycles. The van der Waals surface area contributed by atoms with Crippen molar-refractivity contribution in [3.8, 4) is 0 Å². The maximum Gasteiger partial charge on any atom is 0.250 e. The van der Waals surface area contributed by atoms with E-state index >= 15 is 0 Å². The van der Waals surface area contributed by atoms with Crippen LogP contribution in [0.4, 0.5) is 11.4 Å². The van der Waals surface area contributed by atoms with Gasteiger partial charge in [0.1, 0.15) is 6.61 Å². The summed E-state index contributed by atoms with van der Waals surface area (Å²) in [6.07, 6.45) is 2.28. The van der Waals surface area contributed by atoms with E-state index in [1.165, 1.54) is 7.11 Å². The molecule has 0 aromatic heterocycles. The molecule has 0 aliphatic rings. The summed E-state index contributed by atoms with van der Waals surface area (Å²) in [6, 6.07) is 8.14. The van der Waals surface area contributed by atoms with Crippen molar-refractivity contribution in [2.24, 2.45) is 0 Å². The maximum atomic E-state index is 11.4. The largest absolute Gasteiger partial charge is 0.383 e. The monoisotopic (exact) mass is 250 g/mol. The molecule has 0 aliphatic carbocycles. The van der Waals surface area contributed by atoms with Crippen LogP contribution < -0.4 is 10.6 Å². The van der Waals surface area contributed by atoms with Crippen LogP contribution in [0.5, 0.6) is 0 Å². The third-order valence-corrected chi connectivity index (χ3v) is 2.56. The molecule has 1 rings (SSSR count). The highest BCUT2D eigenvalue weighted by Gasteiger charge is 2.04. The molecule has 18 heavy (non-hydrogen) atoms. The fourth-order valence-electron chi connectivity index (χ4n) is 1.80. The van der Waals surface area contributed by atoms with E-state index in [-0.39, 0.29) is 12.5 Å². The van der Waals surface area contributed by atoms with E-state index in [9.17, 15) is 4.79 Å². The molecule has 0 heterocycles. The highest BCUT2D eigenvalue weighted by Crippen LogP contribution is 2.16. The van der Waals surface area contributed by atoms with Crippen LogP contribution in [0, 0.1) is 0 Å². The van der Waals surface area contributed by atoms with Gasteiger partial charge in [-0.2, -0.15) is 0 Å². The molecule has 0 spiro atoms. The Morgan fingerprint density at radius 2 is 2.11 bits per heavy atom. The highest BCUT2D eigenvalue weighted by atomic mass is 16.5. The van der Waals surface area contributed by atoms with Gasteiger partial charge >= 0.3 is 0 Å². The summed E-state index contributed by atoms with van der Waals surface area (Å²) in [5, 5.41) is 6.19. The maximum absolute atomic E-state index is 11.4. The lowest BCUT2D eigenvalue weighted by Crippen LogP contribution is -2.18. The molecule has 100 valence electrons. The number of methoxy groups -OCH3 is 1. The summed E-state index contributed by atoms with van der Waals surface area (Å²) >= 11 is 0. The van der Waals surface area contributed by atoms with Gasteiger partial charge < -0.3 is 15.4 Å². The van der Waals surface area contributed by atoms with Crippen LogP contribution in [-0.2, 0) is 9.53 Å². The van der Waals surface area contributed by atoms with Gasteiger partial charge in [-0.25, -0.2) is 0 Å². The number of nitrogens with one attached hydrogen (secondary N) is 2. The average molecular weight is 250 g/mol. The van der Waals surface area contributed by atoms with E-state index in [0.717, 1.165) is 24.2 Å². The van der Waals surface area contributed by atoms with Crippen molar-refractivity contribution in [3.63, 3.8) is 0 Å². The quantitative estimate of drug-likeness (QED) is 0.782. The van der Waals surface area contributed by atoms with Gasteiger partial charge in [-0.1, -0.05) is 19.4 Å². The third-order valence-electron chi connectivity index (χ3n) is 2.56. The van der Waals surface area contributed by atoms with Gasteiger partial charge in [0, 0.05) is 24.5 Å². The molecule has 0 fully saturated rings. The molecule has 1 aromatic rings. The lowest BCUT2D eigenvalue weighted by Gasteiger charge is -2.15. The van der Waals surface area contributed by atoms with Crippen molar-refractivity contribution >= 4 is 17.3 Å². The fourth-order valence-corrected chi connectivity index (χ4v) is 1.80. The Morgan fingerprint density at radius 1 is 1.39 bits per heavy atom. The van der Waals surface area contributed by atoms with Crippen molar-refractivity contribution in [1.82, 2.24) is 0 Å². The number of amides is 1. The van der Waals surface area contributed by atoms with Crippen molar-refractivity contribution < 1.29 is 9.53 Å². The number of carbonyl (C=O) groups is 1. The van der Waals surface area contributed by atoms with E-state index in [1.807, 2.05) is 24.3 Å². The minimum atomic E-state index is -0.142. The van der Waals surface area contributed by atoms with Crippen LogP contribution >= 0.6 is 0 Å². The third kappa shape index (κ3) is 5.19. The lowest BCUT2D eigenvalue weighted by molar-refractivity contribution is -0.119. The molecule has 0 saturated carbocycles. The van der Waals surface area contributed by atoms with Crippen LogP contribution in [0.1, 0.15) is 26.7 Å². The summed E-state index contributed by atoms with van der Waals surface area (Å²) in [6.45, 7) is 4.39. The smallest absolute Gasteiger partial charge is 0.250 e. The zero-order valence-corrected chi connectivity index (χ0v) is 11.3. The molecule has 0 bridgehead atoms. The Kier molecular flexibility index (Phi) is 6.22. The predicted octanol–water partition coefficient (Wildman–Crippen LogP) is 2.87. The van der Waals surface area contributed by atoms with Gasteiger partial charge in [0.25, 0.3) is 0 Å². The van der Waals surface area contributed by atoms with Crippen LogP contribution in [0.3, 0.4) is 0 Å². The minimum Gasteiger partial charge on any atom is -0.383 e. The zero-order chi connectivity index (χ0) is 13.4. The molecule has 1 amide bonds. The highest BCUT2D eigenvalue weighted by molar-refractivity contribution is 5.92. The molecule has 0 saturated heterocycles. The van der Waals surface area contributed by atoms with Gasteiger partial charge in [-0.3, -0.25) is 4.79 Å². The van der Waals surface area contributed by atoms with Gasteiger partial charge in [-0.05, 0) is 31.5 Å². The minimum absolute atomic E-state index is 0.0733. The second kappa shape index (κ2) is 7.71. The van der Waals surface area contributed by atoms with Crippen molar-refractivity contribution in [1.29, 1.82) is 0 Å². The van der Waals surface area contributed by atoms with Crippen LogP contribution in [0.2, 0.25) is 0 Å². The Hall–Kier alpha value is -1.55. The lowest BCUT2D eigenvalue weighted by atomic mass is 10.2. The molecule has 1 unspecified atom stereocenters. The number of rotatable bonds is 7. The normalized spacial score (nSPS) is 11.9. The fraction of sp³-hybridized carbons (Fsp3) is 0.500. The average Bonchev–Trinajstić information content (AvgIpc) is 2.29. The van der Waals surface area contributed by atoms with Gasteiger partial charge in [0.05, 0.1) is 0 Å². The Morgan fingerprint density at radius 3 is 2.78 bits per heavy atom. The molecule has 4 nitrogen and oxygen atoms in total. The van der Waals surface area contributed by atoms with E-state index in [1.54, 1.807) is 0 Å². The summed E-state index contributed by atoms with van der Waals surface area (Å²) < 4.78 is 4.77.